The molecule has 0 aromatic carbocycles. The van der Waals surface area contributed by atoms with Gasteiger partial charge in [-0.15, -0.1) is 0 Å². The molecule has 0 radical (unpaired) electrons. The van der Waals surface area contributed by atoms with Gasteiger partial charge in [0.15, 0.2) is 5.75 Å². The molecular weight excluding hydrogens is 250 g/mol. The van der Waals surface area contributed by atoms with Crippen molar-refractivity contribution >= 4 is 5.69 Å². The van der Waals surface area contributed by atoms with Gasteiger partial charge in [0.1, 0.15) is 0 Å². The minimum Gasteiger partial charge on any atom is -0.493 e. The van der Waals surface area contributed by atoms with Crippen LogP contribution in [0.4, 0.5) is 5.69 Å². The predicted molar refractivity (Wildman–Crippen MR) is 85.6 cm³/mol. The predicted octanol–water partition coefficient (Wildman–Crippen LogP) is 3.32. The number of ether oxygens (including phenoxy) is 1. The maximum atomic E-state index is 5.35. The summed E-state index contributed by atoms with van der Waals surface area (Å²) in [5.74, 6) is 0.811. The highest BCUT2D eigenvalue weighted by Crippen LogP contribution is 2.24. The summed E-state index contributed by atoms with van der Waals surface area (Å²) < 4.78 is 5.35. The second-order valence-electron chi connectivity index (χ2n) is 5.24. The standard InChI is InChI=1S/C16H29N3O/c1-6-19(7-2)10-8-9-13(3)18-15-11-14(4)17-12-16(15)20-5/h11-13H,6-10H2,1-5H3,(H,17,18). The second-order valence-corrected chi connectivity index (χ2v) is 5.24. The molecule has 1 N–H and O–H groups in total. The van der Waals surface area contributed by atoms with Gasteiger partial charge in [-0.05, 0) is 52.4 Å². The zero-order valence-electron chi connectivity index (χ0n) is 13.6. The van der Waals surface area contributed by atoms with E-state index in [9.17, 15) is 0 Å². The molecule has 1 aromatic rings. The van der Waals surface area contributed by atoms with Crippen molar-refractivity contribution in [3.05, 3.63) is 18.0 Å². The summed E-state index contributed by atoms with van der Waals surface area (Å²) in [4.78, 5) is 6.72. The highest BCUT2D eigenvalue weighted by molar-refractivity contribution is 5.56. The van der Waals surface area contributed by atoms with E-state index in [-0.39, 0.29) is 0 Å². The van der Waals surface area contributed by atoms with Gasteiger partial charge in [0.2, 0.25) is 0 Å². The quantitative estimate of drug-likeness (QED) is 0.752. The van der Waals surface area contributed by atoms with Gasteiger partial charge in [-0.1, -0.05) is 13.8 Å². The smallest absolute Gasteiger partial charge is 0.160 e. The van der Waals surface area contributed by atoms with Crippen molar-refractivity contribution < 1.29 is 4.74 Å². The summed E-state index contributed by atoms with van der Waals surface area (Å²) >= 11 is 0. The molecule has 0 saturated heterocycles. The van der Waals surface area contributed by atoms with E-state index >= 15 is 0 Å². The Bertz CT molecular complexity index is 391. The third kappa shape index (κ3) is 5.37. The summed E-state index contributed by atoms with van der Waals surface area (Å²) in [6, 6.07) is 2.47. The van der Waals surface area contributed by atoms with E-state index in [1.54, 1.807) is 13.3 Å². The summed E-state index contributed by atoms with van der Waals surface area (Å²) in [5.41, 5.74) is 2.04. The molecule has 0 saturated carbocycles. The van der Waals surface area contributed by atoms with Gasteiger partial charge in [-0.25, -0.2) is 0 Å². The lowest BCUT2D eigenvalue weighted by Gasteiger charge is -2.21. The Labute approximate surface area is 123 Å². The van der Waals surface area contributed by atoms with Gasteiger partial charge >= 0.3 is 0 Å². The SMILES string of the molecule is CCN(CC)CCCC(C)Nc1cc(C)ncc1OC. The number of aryl methyl sites for hydroxylation is 1. The van der Waals surface area contributed by atoms with E-state index in [0.29, 0.717) is 6.04 Å². The molecule has 20 heavy (non-hydrogen) atoms. The number of methoxy groups -OCH3 is 1. The molecule has 0 bridgehead atoms. The van der Waals surface area contributed by atoms with Crippen LogP contribution < -0.4 is 10.1 Å². The minimum atomic E-state index is 0.432. The van der Waals surface area contributed by atoms with Crippen LogP contribution >= 0.6 is 0 Å². The monoisotopic (exact) mass is 279 g/mol. The Morgan fingerprint density at radius 1 is 1.35 bits per heavy atom. The normalized spacial score (nSPS) is 12.5. The Kier molecular flexibility index (Phi) is 7.37. The first kappa shape index (κ1) is 16.8. The maximum Gasteiger partial charge on any atom is 0.160 e. The van der Waals surface area contributed by atoms with Gasteiger partial charge in [0.25, 0.3) is 0 Å². The molecule has 0 amide bonds. The largest absolute Gasteiger partial charge is 0.493 e. The maximum absolute atomic E-state index is 5.35. The minimum absolute atomic E-state index is 0.432. The molecule has 0 spiro atoms. The molecule has 4 nitrogen and oxygen atoms in total. The van der Waals surface area contributed by atoms with Gasteiger partial charge in [0.05, 0.1) is 19.0 Å². The molecular formula is C16H29N3O. The molecule has 0 aliphatic heterocycles. The van der Waals surface area contributed by atoms with Crippen LogP contribution in [0.5, 0.6) is 5.75 Å². The molecule has 0 fully saturated rings. The van der Waals surface area contributed by atoms with E-state index in [4.69, 9.17) is 4.74 Å². The Balaban J connectivity index is 2.46. The Hall–Kier alpha value is -1.29. The topological polar surface area (TPSA) is 37.4 Å². The number of nitrogens with zero attached hydrogens (tertiary/aromatic N) is 2. The number of rotatable bonds is 9. The molecule has 1 unspecified atom stereocenters. The number of pyridine rings is 1. The number of hydrogen-bond donors (Lipinski definition) is 1. The van der Waals surface area contributed by atoms with E-state index in [1.165, 1.54) is 13.0 Å². The molecule has 114 valence electrons. The van der Waals surface area contributed by atoms with Crippen LogP contribution in [-0.4, -0.2) is 42.7 Å². The lowest BCUT2D eigenvalue weighted by Crippen LogP contribution is -2.25. The highest BCUT2D eigenvalue weighted by atomic mass is 16.5. The van der Waals surface area contributed by atoms with E-state index in [1.807, 2.05) is 13.0 Å². The number of aromatic nitrogens is 1. The summed E-state index contributed by atoms with van der Waals surface area (Å²) in [5, 5.41) is 3.53. The van der Waals surface area contributed by atoms with Gasteiger partial charge in [-0.2, -0.15) is 0 Å². The fourth-order valence-electron chi connectivity index (χ4n) is 2.32. The van der Waals surface area contributed by atoms with Crippen molar-refractivity contribution in [1.82, 2.24) is 9.88 Å². The van der Waals surface area contributed by atoms with Crippen LogP contribution in [0.2, 0.25) is 0 Å². The van der Waals surface area contributed by atoms with Gasteiger partial charge in [-0.3, -0.25) is 4.98 Å². The fourth-order valence-corrected chi connectivity index (χ4v) is 2.32. The van der Waals surface area contributed by atoms with Crippen molar-refractivity contribution in [3.8, 4) is 5.75 Å². The van der Waals surface area contributed by atoms with E-state index < -0.39 is 0 Å². The molecule has 1 atom stereocenters. The van der Waals surface area contributed by atoms with Crippen LogP contribution in [-0.2, 0) is 0 Å². The van der Waals surface area contributed by atoms with Gasteiger partial charge < -0.3 is 15.0 Å². The Morgan fingerprint density at radius 2 is 2.05 bits per heavy atom. The number of anilines is 1. The average molecular weight is 279 g/mol. The second kappa shape index (κ2) is 8.80. The first-order valence-corrected chi connectivity index (χ1v) is 7.60. The first-order chi connectivity index (χ1) is 9.60. The van der Waals surface area contributed by atoms with Crippen molar-refractivity contribution in [1.29, 1.82) is 0 Å². The van der Waals surface area contributed by atoms with Crippen LogP contribution in [0.1, 0.15) is 39.3 Å². The lowest BCUT2D eigenvalue weighted by atomic mass is 10.1. The third-order valence-corrected chi connectivity index (χ3v) is 3.63. The van der Waals surface area contributed by atoms with Gasteiger partial charge in [0, 0.05) is 11.7 Å². The van der Waals surface area contributed by atoms with Crippen molar-refractivity contribution in [2.24, 2.45) is 0 Å². The van der Waals surface area contributed by atoms with Crippen molar-refractivity contribution in [3.63, 3.8) is 0 Å². The van der Waals surface area contributed by atoms with Crippen LogP contribution in [0.3, 0.4) is 0 Å². The van der Waals surface area contributed by atoms with Crippen LogP contribution in [0.25, 0.3) is 0 Å². The number of nitrogens with one attached hydrogen (secondary N) is 1. The third-order valence-electron chi connectivity index (χ3n) is 3.63. The van der Waals surface area contributed by atoms with Crippen molar-refractivity contribution in [2.45, 2.75) is 46.6 Å². The fraction of sp³-hybridized carbons (Fsp3) is 0.688. The highest BCUT2D eigenvalue weighted by Gasteiger charge is 2.08. The van der Waals surface area contributed by atoms with Crippen LogP contribution in [0, 0.1) is 6.92 Å². The zero-order chi connectivity index (χ0) is 15.0. The molecule has 0 aliphatic rings. The van der Waals surface area contributed by atoms with Crippen molar-refractivity contribution in [2.75, 3.05) is 32.1 Å². The Morgan fingerprint density at radius 3 is 2.65 bits per heavy atom. The average Bonchev–Trinajstić information content (AvgIpc) is 2.44. The zero-order valence-corrected chi connectivity index (χ0v) is 13.6. The summed E-state index contributed by atoms with van der Waals surface area (Å²) in [6.45, 7) is 12.1. The van der Waals surface area contributed by atoms with E-state index in [2.05, 4.69) is 36.0 Å². The first-order valence-electron chi connectivity index (χ1n) is 7.60. The summed E-state index contributed by atoms with van der Waals surface area (Å²) in [6.07, 6.45) is 4.14. The molecule has 1 rings (SSSR count). The molecule has 0 aliphatic carbocycles. The molecule has 1 heterocycles. The summed E-state index contributed by atoms with van der Waals surface area (Å²) in [7, 11) is 1.68. The molecule has 4 heteroatoms. The molecule has 1 aromatic heterocycles. The number of hydrogen-bond acceptors (Lipinski definition) is 4. The van der Waals surface area contributed by atoms with E-state index in [0.717, 1.165) is 36.6 Å². The van der Waals surface area contributed by atoms with Crippen LogP contribution in [0.15, 0.2) is 12.3 Å². The lowest BCUT2D eigenvalue weighted by molar-refractivity contribution is 0.295.